The topological polar surface area (TPSA) is 46.6 Å². The maximum atomic E-state index is 12.2. The molecule has 25 heavy (non-hydrogen) atoms. The number of fused-ring (bicyclic) bond motifs is 1. The van der Waals surface area contributed by atoms with E-state index in [1.165, 1.54) is 16.0 Å². The normalized spacial score (nSPS) is 13.3. The molecular weight excluding hydrogens is 334 g/mol. The Morgan fingerprint density at radius 1 is 0.920 bits per heavy atom. The molecule has 2 aromatic carbocycles. The zero-order valence-corrected chi connectivity index (χ0v) is 15.3. The highest BCUT2D eigenvalue weighted by molar-refractivity contribution is 7.99. The maximum absolute atomic E-state index is 12.2. The van der Waals surface area contributed by atoms with Gasteiger partial charge in [0.25, 0.3) is 11.8 Å². The molecule has 0 unspecified atom stereocenters. The van der Waals surface area contributed by atoms with Gasteiger partial charge in [0, 0.05) is 18.1 Å². The van der Waals surface area contributed by atoms with Crippen LogP contribution in [0.1, 0.15) is 31.8 Å². The summed E-state index contributed by atoms with van der Waals surface area (Å²) in [5.41, 5.74) is 3.40. The van der Waals surface area contributed by atoms with Gasteiger partial charge in [0.1, 0.15) is 5.75 Å². The molecule has 1 heterocycles. The second-order valence-corrected chi connectivity index (χ2v) is 7.32. The molecule has 0 saturated carbocycles. The number of ether oxygens (including phenoxy) is 1. The van der Waals surface area contributed by atoms with Gasteiger partial charge in [-0.05, 0) is 49.2 Å². The summed E-state index contributed by atoms with van der Waals surface area (Å²) in [7, 11) is 0. The van der Waals surface area contributed by atoms with Crippen molar-refractivity contribution in [3.63, 3.8) is 0 Å². The van der Waals surface area contributed by atoms with E-state index in [-0.39, 0.29) is 11.8 Å². The molecule has 0 bridgehead atoms. The summed E-state index contributed by atoms with van der Waals surface area (Å²) in [5.74, 6) is 2.04. The molecule has 0 N–H and O–H groups in total. The fraction of sp³-hybridized carbons (Fsp3) is 0.300. The molecule has 0 aromatic heterocycles. The van der Waals surface area contributed by atoms with Crippen molar-refractivity contribution in [1.29, 1.82) is 0 Å². The zero-order chi connectivity index (χ0) is 17.8. The van der Waals surface area contributed by atoms with Crippen molar-refractivity contribution in [2.45, 2.75) is 13.8 Å². The molecule has 5 heteroatoms. The van der Waals surface area contributed by atoms with E-state index in [0.717, 1.165) is 11.5 Å². The van der Waals surface area contributed by atoms with Crippen LogP contribution in [0.4, 0.5) is 0 Å². The molecule has 0 saturated heterocycles. The van der Waals surface area contributed by atoms with Gasteiger partial charge in [-0.3, -0.25) is 14.5 Å². The number of carbonyl (C=O) groups is 2. The Bertz CT molecular complexity index is 748. The number of hydrogen-bond acceptors (Lipinski definition) is 4. The maximum Gasteiger partial charge on any atom is 0.261 e. The molecule has 130 valence electrons. The number of hydrogen-bond donors (Lipinski definition) is 0. The number of rotatable bonds is 7. The molecule has 0 radical (unpaired) electrons. The minimum Gasteiger partial charge on any atom is -0.493 e. The van der Waals surface area contributed by atoms with Crippen LogP contribution in [0.15, 0.2) is 42.5 Å². The minimum absolute atomic E-state index is 0.187. The molecule has 1 aliphatic rings. The lowest BCUT2D eigenvalue weighted by Crippen LogP contribution is -2.32. The SMILES string of the molecule is Cc1cc(C)cc(OCCSCCN2C(=O)c3ccccc3C2=O)c1. The molecule has 0 aliphatic carbocycles. The molecule has 0 atom stereocenters. The third-order valence-corrected chi connectivity index (χ3v) is 4.96. The van der Waals surface area contributed by atoms with E-state index in [2.05, 4.69) is 19.9 Å². The molecule has 0 spiro atoms. The van der Waals surface area contributed by atoms with Crippen LogP contribution in [-0.4, -0.2) is 41.4 Å². The van der Waals surface area contributed by atoms with Crippen LogP contribution in [-0.2, 0) is 0 Å². The van der Waals surface area contributed by atoms with Gasteiger partial charge < -0.3 is 4.74 Å². The van der Waals surface area contributed by atoms with E-state index in [4.69, 9.17) is 4.74 Å². The van der Waals surface area contributed by atoms with Crippen molar-refractivity contribution in [1.82, 2.24) is 4.90 Å². The van der Waals surface area contributed by atoms with E-state index in [1.807, 2.05) is 12.1 Å². The molecule has 1 aliphatic heterocycles. The summed E-state index contributed by atoms with van der Waals surface area (Å²) in [4.78, 5) is 25.8. The predicted octanol–water partition coefficient (Wildman–Crippen LogP) is 3.71. The van der Waals surface area contributed by atoms with Crippen molar-refractivity contribution in [2.75, 3.05) is 24.7 Å². The monoisotopic (exact) mass is 355 g/mol. The number of amides is 2. The Labute approximate surface area is 152 Å². The first-order valence-corrected chi connectivity index (χ1v) is 9.46. The average molecular weight is 355 g/mol. The van der Waals surface area contributed by atoms with Crippen LogP contribution in [0.3, 0.4) is 0 Å². The third kappa shape index (κ3) is 4.04. The summed E-state index contributed by atoms with van der Waals surface area (Å²) in [5, 5.41) is 0. The highest BCUT2D eigenvalue weighted by atomic mass is 32.2. The average Bonchev–Trinajstić information content (AvgIpc) is 2.82. The van der Waals surface area contributed by atoms with Crippen molar-refractivity contribution in [3.8, 4) is 5.75 Å². The van der Waals surface area contributed by atoms with Crippen molar-refractivity contribution >= 4 is 23.6 Å². The zero-order valence-electron chi connectivity index (χ0n) is 14.5. The van der Waals surface area contributed by atoms with E-state index >= 15 is 0 Å². The summed E-state index contributed by atoms with van der Waals surface area (Å²) in [6, 6.07) is 13.1. The minimum atomic E-state index is -0.187. The Morgan fingerprint density at radius 2 is 1.52 bits per heavy atom. The van der Waals surface area contributed by atoms with Gasteiger partial charge >= 0.3 is 0 Å². The number of benzene rings is 2. The molecule has 3 rings (SSSR count). The first-order valence-electron chi connectivity index (χ1n) is 8.30. The molecule has 2 aromatic rings. The number of nitrogens with zero attached hydrogens (tertiary/aromatic N) is 1. The lowest BCUT2D eigenvalue weighted by atomic mass is 10.1. The second-order valence-electron chi connectivity index (χ2n) is 6.09. The van der Waals surface area contributed by atoms with E-state index in [9.17, 15) is 9.59 Å². The molecular formula is C20H21NO3S. The number of imide groups is 1. The van der Waals surface area contributed by atoms with Crippen molar-refractivity contribution in [3.05, 3.63) is 64.7 Å². The summed E-state index contributed by atoms with van der Waals surface area (Å²) >= 11 is 1.68. The van der Waals surface area contributed by atoms with Gasteiger partial charge in [-0.15, -0.1) is 0 Å². The van der Waals surface area contributed by atoms with Crippen LogP contribution >= 0.6 is 11.8 Å². The van der Waals surface area contributed by atoms with Crippen LogP contribution in [0.2, 0.25) is 0 Å². The Kier molecular flexibility index (Phi) is 5.43. The Morgan fingerprint density at radius 3 is 2.12 bits per heavy atom. The van der Waals surface area contributed by atoms with Gasteiger partial charge in [-0.2, -0.15) is 11.8 Å². The lowest BCUT2D eigenvalue weighted by Gasteiger charge is -2.13. The first kappa shape index (κ1) is 17.5. The summed E-state index contributed by atoms with van der Waals surface area (Å²) in [6.07, 6.45) is 0. The van der Waals surface area contributed by atoms with E-state index in [0.29, 0.717) is 30.0 Å². The van der Waals surface area contributed by atoms with E-state index < -0.39 is 0 Å². The Hall–Kier alpha value is -2.27. The predicted molar refractivity (Wildman–Crippen MR) is 101 cm³/mol. The number of aryl methyl sites for hydroxylation is 2. The van der Waals surface area contributed by atoms with Gasteiger partial charge in [0.15, 0.2) is 0 Å². The Balaban J connectivity index is 1.41. The highest BCUT2D eigenvalue weighted by Gasteiger charge is 2.34. The fourth-order valence-electron chi connectivity index (χ4n) is 2.93. The summed E-state index contributed by atoms with van der Waals surface area (Å²) < 4.78 is 5.76. The molecule has 0 fully saturated rings. The highest BCUT2D eigenvalue weighted by Crippen LogP contribution is 2.22. The fourth-order valence-corrected chi connectivity index (χ4v) is 3.65. The van der Waals surface area contributed by atoms with Gasteiger partial charge in [0.2, 0.25) is 0 Å². The molecule has 4 nitrogen and oxygen atoms in total. The number of thioether (sulfide) groups is 1. The summed E-state index contributed by atoms with van der Waals surface area (Å²) in [6.45, 7) is 5.14. The standard InChI is InChI=1S/C20H21NO3S/c1-14-11-15(2)13-16(12-14)24-8-10-25-9-7-21-19(22)17-5-3-4-6-18(17)20(21)23/h3-6,11-13H,7-10H2,1-2H3. The molecule has 2 amide bonds. The van der Waals surface area contributed by atoms with Crippen molar-refractivity contribution < 1.29 is 14.3 Å². The van der Waals surface area contributed by atoms with Gasteiger partial charge in [-0.1, -0.05) is 18.2 Å². The van der Waals surface area contributed by atoms with Crippen LogP contribution in [0.5, 0.6) is 5.75 Å². The first-order chi connectivity index (χ1) is 12.1. The van der Waals surface area contributed by atoms with Gasteiger partial charge in [-0.25, -0.2) is 0 Å². The van der Waals surface area contributed by atoms with Crippen LogP contribution in [0.25, 0.3) is 0 Å². The van der Waals surface area contributed by atoms with Crippen LogP contribution < -0.4 is 4.74 Å². The van der Waals surface area contributed by atoms with Gasteiger partial charge in [0.05, 0.1) is 17.7 Å². The van der Waals surface area contributed by atoms with Crippen LogP contribution in [0, 0.1) is 13.8 Å². The third-order valence-electron chi connectivity index (χ3n) is 4.03. The van der Waals surface area contributed by atoms with E-state index in [1.54, 1.807) is 36.0 Å². The number of carbonyl (C=O) groups excluding carboxylic acids is 2. The lowest BCUT2D eigenvalue weighted by molar-refractivity contribution is 0.0664. The largest absolute Gasteiger partial charge is 0.493 e. The smallest absolute Gasteiger partial charge is 0.261 e. The van der Waals surface area contributed by atoms with Crippen molar-refractivity contribution in [2.24, 2.45) is 0 Å². The second kappa shape index (κ2) is 7.74. The quantitative estimate of drug-likeness (QED) is 0.561.